The van der Waals surface area contributed by atoms with E-state index in [9.17, 15) is 18.5 Å². The van der Waals surface area contributed by atoms with Crippen molar-refractivity contribution in [2.24, 2.45) is 17.8 Å². The first kappa shape index (κ1) is 39.1. The van der Waals surface area contributed by atoms with Crippen LogP contribution in [-0.4, -0.2) is 107 Å². The maximum Gasteiger partial charge on any atom is 0.264 e. The third kappa shape index (κ3) is 7.91. The Morgan fingerprint density at radius 3 is 2.52 bits per heavy atom. The van der Waals surface area contributed by atoms with E-state index in [-0.39, 0.29) is 17.4 Å². The summed E-state index contributed by atoms with van der Waals surface area (Å²) in [5.41, 5.74) is 2.20. The molecule has 0 spiro atoms. The molecule has 4 heterocycles. The van der Waals surface area contributed by atoms with Gasteiger partial charge in [0.05, 0.1) is 30.2 Å². The van der Waals surface area contributed by atoms with Gasteiger partial charge in [-0.25, -0.2) is 13.1 Å². The van der Waals surface area contributed by atoms with E-state index in [4.69, 9.17) is 25.8 Å². The summed E-state index contributed by atoms with van der Waals surface area (Å²) in [4.78, 5) is 20.7. The third-order valence-corrected chi connectivity index (χ3v) is 15.0. The zero-order valence-electron chi connectivity index (χ0n) is 31.8. The van der Waals surface area contributed by atoms with E-state index in [1.165, 1.54) is 5.56 Å². The molecule has 3 fully saturated rings. The Hall–Kier alpha value is -3.18. The molecule has 13 heteroatoms. The SMILES string of the molecule is CO[C@@]1(CN2CCN(C3(C#N)COC3)CC2)/C=C/C[C@H](C)[C@@H](C)S(=O)(=O)NC(=O)c2ccc3c(c2)N(CCCCc2cc(Cl)ccc2CO3)C[C@@H]2CC[C@H]21. The van der Waals surface area contributed by atoms with Crippen molar-refractivity contribution in [1.82, 2.24) is 14.5 Å². The molecule has 54 heavy (non-hydrogen) atoms. The topological polar surface area (TPSA) is 124 Å². The minimum atomic E-state index is -3.98. The van der Waals surface area contributed by atoms with Gasteiger partial charge in [0.25, 0.3) is 5.91 Å². The highest BCUT2D eigenvalue weighted by Crippen LogP contribution is 2.47. The van der Waals surface area contributed by atoms with Gasteiger partial charge in [-0.3, -0.25) is 14.6 Å². The molecule has 292 valence electrons. The largest absolute Gasteiger partial charge is 0.487 e. The number of rotatable bonds is 4. The highest BCUT2D eigenvalue weighted by atomic mass is 35.5. The summed E-state index contributed by atoms with van der Waals surface area (Å²) >= 11 is 6.40. The van der Waals surface area contributed by atoms with E-state index >= 15 is 0 Å². The van der Waals surface area contributed by atoms with Gasteiger partial charge in [-0.15, -0.1) is 0 Å². The van der Waals surface area contributed by atoms with E-state index in [2.05, 4.69) is 37.6 Å². The number of carbonyl (C=O) groups excluding carboxylic acids is 1. The lowest BCUT2D eigenvalue weighted by Gasteiger charge is -2.53. The van der Waals surface area contributed by atoms with E-state index in [0.717, 1.165) is 82.6 Å². The van der Waals surface area contributed by atoms with E-state index in [1.807, 2.05) is 32.2 Å². The van der Waals surface area contributed by atoms with Gasteiger partial charge in [0.2, 0.25) is 10.0 Å². The number of allylic oxidation sites excluding steroid dienone is 1. The molecular formula is C41H54ClN5O6S. The van der Waals surface area contributed by atoms with Crippen LogP contribution in [0.1, 0.15) is 67.4 Å². The van der Waals surface area contributed by atoms with Gasteiger partial charge in [0.1, 0.15) is 18.0 Å². The molecule has 4 aliphatic heterocycles. The van der Waals surface area contributed by atoms with Crippen molar-refractivity contribution in [2.45, 2.75) is 75.4 Å². The number of hydrogen-bond acceptors (Lipinski definition) is 10. The van der Waals surface area contributed by atoms with Gasteiger partial charge in [0, 0.05) is 63.5 Å². The number of anilines is 1. The summed E-state index contributed by atoms with van der Waals surface area (Å²) in [7, 11) is -2.17. The molecule has 7 rings (SSSR count). The number of methoxy groups -OCH3 is 1. The average molecular weight is 780 g/mol. The molecule has 2 aromatic rings. The number of nitriles is 1. The number of piperazine rings is 1. The standard InChI is InChI=1S/C41H54ClN5O6S/c1-29-7-6-15-41(51-3,26-45-17-19-47(20-18-45)40(25-43)27-52-28-40)36-13-10-33(36)23-46-16-5-4-8-31-21-35(42)12-9-34(31)24-53-38-14-11-32(22-37(38)46)39(48)44-54(49,50)30(29)2/h6,9,11-12,14-15,21-22,29-30,33,36H,4-5,7-8,10,13,16-20,23-24,26-28H2,1-3H3,(H,44,48)/b15-6+/t29-,30+,33-,36+,41+/m0/s1. The molecule has 5 aliphatic rings. The van der Waals surface area contributed by atoms with Crippen LogP contribution >= 0.6 is 11.6 Å². The minimum Gasteiger partial charge on any atom is -0.487 e. The molecule has 2 aromatic carbocycles. The predicted molar refractivity (Wildman–Crippen MR) is 209 cm³/mol. The smallest absolute Gasteiger partial charge is 0.264 e. The second kappa shape index (κ2) is 16.1. The Balaban J connectivity index is 1.22. The molecule has 2 bridgehead atoms. The third-order valence-electron chi connectivity index (χ3n) is 12.9. The minimum absolute atomic E-state index is 0.215. The van der Waals surface area contributed by atoms with Crippen LogP contribution in [0.5, 0.6) is 5.75 Å². The molecule has 11 nitrogen and oxygen atoms in total. The summed E-state index contributed by atoms with van der Waals surface area (Å²) in [5, 5.41) is 9.81. The summed E-state index contributed by atoms with van der Waals surface area (Å²) in [5.74, 6) is 0.280. The molecule has 1 aliphatic carbocycles. The molecule has 0 radical (unpaired) electrons. The second-order valence-electron chi connectivity index (χ2n) is 16.1. The molecule has 2 saturated heterocycles. The Morgan fingerprint density at radius 2 is 1.83 bits per heavy atom. The maximum atomic E-state index is 13.6. The van der Waals surface area contributed by atoms with Crippen LogP contribution in [0.3, 0.4) is 0 Å². The first-order valence-corrected chi connectivity index (χ1v) is 21.4. The van der Waals surface area contributed by atoms with Crippen LogP contribution in [0.2, 0.25) is 5.02 Å². The molecule has 1 saturated carbocycles. The van der Waals surface area contributed by atoms with Gasteiger partial charge in [-0.2, -0.15) is 5.26 Å². The second-order valence-corrected chi connectivity index (χ2v) is 18.6. The van der Waals surface area contributed by atoms with Crippen LogP contribution in [0.25, 0.3) is 0 Å². The van der Waals surface area contributed by atoms with Crippen LogP contribution in [0.15, 0.2) is 48.6 Å². The normalized spacial score (nSPS) is 31.1. The summed E-state index contributed by atoms with van der Waals surface area (Å²) in [6.07, 6.45) is 9.63. The van der Waals surface area contributed by atoms with Gasteiger partial charge >= 0.3 is 0 Å². The van der Waals surface area contributed by atoms with Crippen molar-refractivity contribution in [2.75, 3.05) is 71.0 Å². The van der Waals surface area contributed by atoms with Crippen LogP contribution in [0, 0.1) is 29.1 Å². The Labute approximate surface area is 325 Å². The van der Waals surface area contributed by atoms with Crippen LogP contribution in [-0.2, 0) is 32.5 Å². The first-order chi connectivity index (χ1) is 26.0. The summed E-state index contributed by atoms with van der Waals surface area (Å²) < 4.78 is 48.2. The zero-order valence-corrected chi connectivity index (χ0v) is 33.3. The van der Waals surface area contributed by atoms with Crippen molar-refractivity contribution in [3.05, 3.63) is 70.3 Å². The fourth-order valence-corrected chi connectivity index (χ4v) is 10.4. The van der Waals surface area contributed by atoms with Crippen molar-refractivity contribution in [3.8, 4) is 11.8 Å². The predicted octanol–water partition coefficient (Wildman–Crippen LogP) is 5.43. The van der Waals surface area contributed by atoms with Crippen molar-refractivity contribution in [3.63, 3.8) is 0 Å². The summed E-state index contributed by atoms with van der Waals surface area (Å²) in [6.45, 7) is 10.3. The number of amides is 1. The van der Waals surface area contributed by atoms with Gasteiger partial charge in [-0.05, 0) is 105 Å². The number of halogens is 1. The summed E-state index contributed by atoms with van der Waals surface area (Å²) in [6, 6.07) is 13.7. The lowest BCUT2D eigenvalue weighted by molar-refractivity contribution is -0.129. The monoisotopic (exact) mass is 779 g/mol. The van der Waals surface area contributed by atoms with Gasteiger partial charge in [-0.1, -0.05) is 36.7 Å². The molecule has 1 N–H and O–H groups in total. The number of ether oxygens (including phenoxy) is 3. The number of sulfonamides is 1. The Morgan fingerprint density at radius 1 is 1.04 bits per heavy atom. The molecule has 0 aromatic heterocycles. The quantitative estimate of drug-likeness (QED) is 0.402. The lowest BCUT2D eigenvalue weighted by Crippen LogP contribution is -2.66. The fourth-order valence-electron chi connectivity index (χ4n) is 8.93. The molecule has 5 atom stereocenters. The number of fused-ring (bicyclic) bond motifs is 3. The van der Waals surface area contributed by atoms with Crippen molar-refractivity contribution >= 4 is 33.2 Å². The Kier molecular flexibility index (Phi) is 11.7. The van der Waals surface area contributed by atoms with Crippen LogP contribution in [0.4, 0.5) is 5.69 Å². The number of nitrogens with one attached hydrogen (secondary N) is 1. The lowest BCUT2D eigenvalue weighted by atomic mass is 9.63. The number of aryl methyl sites for hydroxylation is 1. The molecule has 1 amide bonds. The Bertz CT molecular complexity index is 1870. The first-order valence-electron chi connectivity index (χ1n) is 19.5. The van der Waals surface area contributed by atoms with Crippen molar-refractivity contribution < 1.29 is 27.4 Å². The molecular weight excluding hydrogens is 726 g/mol. The highest BCUT2D eigenvalue weighted by molar-refractivity contribution is 7.90. The average Bonchev–Trinajstić information content (AvgIpc) is 3.16. The van der Waals surface area contributed by atoms with E-state index in [0.29, 0.717) is 49.5 Å². The number of hydrogen-bond donors (Lipinski definition) is 1. The van der Waals surface area contributed by atoms with E-state index < -0.39 is 32.3 Å². The zero-order chi connectivity index (χ0) is 38.1. The van der Waals surface area contributed by atoms with E-state index in [1.54, 1.807) is 25.1 Å². The maximum absolute atomic E-state index is 13.6. The van der Waals surface area contributed by atoms with Gasteiger partial charge < -0.3 is 19.1 Å². The number of benzene rings is 2. The molecule has 0 unspecified atom stereocenters. The number of carbonyl (C=O) groups is 1. The van der Waals surface area contributed by atoms with Crippen molar-refractivity contribution in [1.29, 1.82) is 5.26 Å². The fraction of sp³-hybridized carbons (Fsp3) is 0.610. The highest BCUT2D eigenvalue weighted by Gasteiger charge is 2.50. The van der Waals surface area contributed by atoms with Crippen LogP contribution < -0.4 is 14.4 Å². The van der Waals surface area contributed by atoms with Gasteiger partial charge in [0.15, 0.2) is 5.54 Å². The number of nitrogens with zero attached hydrogens (tertiary/aromatic N) is 4.